The molecular weight excluding hydrogens is 348 g/mol. The average Bonchev–Trinajstić information content (AvgIpc) is 3.26. The molecule has 0 bridgehead atoms. The van der Waals surface area contributed by atoms with Crippen molar-refractivity contribution in [2.45, 2.75) is 18.9 Å². The third-order valence-electron chi connectivity index (χ3n) is 4.70. The van der Waals surface area contributed by atoms with Crippen molar-refractivity contribution in [3.63, 3.8) is 0 Å². The van der Waals surface area contributed by atoms with E-state index in [0.29, 0.717) is 36.4 Å². The van der Waals surface area contributed by atoms with Gasteiger partial charge in [-0.2, -0.15) is 0 Å². The first-order valence-electron chi connectivity index (χ1n) is 8.79. The van der Waals surface area contributed by atoms with Gasteiger partial charge in [0.2, 0.25) is 11.7 Å². The highest BCUT2D eigenvalue weighted by molar-refractivity contribution is 5.92. The van der Waals surface area contributed by atoms with E-state index in [-0.39, 0.29) is 5.91 Å². The van der Waals surface area contributed by atoms with Gasteiger partial charge in [-0.1, -0.05) is 5.21 Å². The molecule has 0 unspecified atom stereocenters. The first kappa shape index (κ1) is 18.8. The van der Waals surface area contributed by atoms with Crippen molar-refractivity contribution in [1.29, 1.82) is 0 Å². The third-order valence-corrected chi connectivity index (χ3v) is 4.70. The van der Waals surface area contributed by atoms with E-state index in [0.717, 1.165) is 18.4 Å². The molecule has 8 heteroatoms. The Morgan fingerprint density at radius 3 is 2.30 bits per heavy atom. The van der Waals surface area contributed by atoms with Crippen molar-refractivity contribution < 1.29 is 19.0 Å². The molecule has 2 aromatic rings. The van der Waals surface area contributed by atoms with E-state index < -0.39 is 0 Å². The van der Waals surface area contributed by atoms with Gasteiger partial charge in [-0.25, -0.2) is 4.68 Å². The van der Waals surface area contributed by atoms with Gasteiger partial charge in [0.05, 0.1) is 33.6 Å². The number of ether oxygens (including phenoxy) is 3. The minimum absolute atomic E-state index is 0.0132. The summed E-state index contributed by atoms with van der Waals surface area (Å²) in [6, 6.07) is 3.92. The maximum atomic E-state index is 12.5. The number of hydrogen-bond donors (Lipinski definition) is 0. The Morgan fingerprint density at radius 2 is 1.78 bits per heavy atom. The highest BCUT2D eigenvalue weighted by Crippen LogP contribution is 2.38. The number of nitrogens with zero attached hydrogens (tertiary/aromatic N) is 4. The Bertz CT molecular complexity index is 771. The maximum Gasteiger partial charge on any atom is 0.246 e. The molecule has 0 spiro atoms. The normalized spacial score (nSPS) is 15.1. The molecule has 1 aromatic heterocycles. The lowest BCUT2D eigenvalue weighted by atomic mass is 10.1. The summed E-state index contributed by atoms with van der Waals surface area (Å²) >= 11 is 0. The van der Waals surface area contributed by atoms with Crippen molar-refractivity contribution >= 4 is 12.0 Å². The standard InChI is InChI=1S/C19H24N4O4/c1-25-16-12-14(13-17(26-2)19(16)27-3)4-5-18(24)22-9-6-15(7-10-22)23-11-8-20-21-23/h4-5,8,11-13,15H,6-7,9-10H2,1-3H3/b5-4+. The van der Waals surface area contributed by atoms with Crippen molar-refractivity contribution in [3.05, 3.63) is 36.2 Å². The molecule has 1 aliphatic rings. The van der Waals surface area contributed by atoms with Crippen LogP contribution in [0.3, 0.4) is 0 Å². The van der Waals surface area contributed by atoms with E-state index in [4.69, 9.17) is 14.2 Å². The van der Waals surface area contributed by atoms with Gasteiger partial charge < -0.3 is 19.1 Å². The van der Waals surface area contributed by atoms with Gasteiger partial charge >= 0.3 is 0 Å². The zero-order chi connectivity index (χ0) is 19.2. The molecule has 144 valence electrons. The minimum Gasteiger partial charge on any atom is -0.493 e. The Hall–Kier alpha value is -3.03. The van der Waals surface area contributed by atoms with Crippen LogP contribution in [0.5, 0.6) is 17.2 Å². The second-order valence-corrected chi connectivity index (χ2v) is 6.23. The monoisotopic (exact) mass is 372 g/mol. The highest BCUT2D eigenvalue weighted by Gasteiger charge is 2.23. The zero-order valence-electron chi connectivity index (χ0n) is 15.8. The average molecular weight is 372 g/mol. The fourth-order valence-electron chi connectivity index (χ4n) is 3.23. The fraction of sp³-hybridized carbons (Fsp3) is 0.421. The molecular formula is C19H24N4O4. The quantitative estimate of drug-likeness (QED) is 0.723. The Morgan fingerprint density at radius 1 is 1.11 bits per heavy atom. The molecule has 27 heavy (non-hydrogen) atoms. The number of carbonyl (C=O) groups is 1. The van der Waals surface area contributed by atoms with Gasteiger partial charge in [-0.15, -0.1) is 5.10 Å². The summed E-state index contributed by atoms with van der Waals surface area (Å²) < 4.78 is 17.9. The number of hydrogen-bond acceptors (Lipinski definition) is 6. The van der Waals surface area contributed by atoms with Crippen LogP contribution in [-0.2, 0) is 4.79 Å². The van der Waals surface area contributed by atoms with Crippen LogP contribution in [0.2, 0.25) is 0 Å². The molecule has 1 aromatic carbocycles. The lowest BCUT2D eigenvalue weighted by molar-refractivity contribution is -0.127. The predicted octanol–water partition coefficient (Wildman–Crippen LogP) is 2.18. The molecule has 1 amide bonds. The van der Waals surface area contributed by atoms with Crippen LogP contribution in [0.1, 0.15) is 24.4 Å². The number of methoxy groups -OCH3 is 3. The number of amides is 1. The molecule has 0 N–H and O–H groups in total. The second kappa shape index (κ2) is 8.57. The maximum absolute atomic E-state index is 12.5. The van der Waals surface area contributed by atoms with Gasteiger partial charge in [-0.3, -0.25) is 4.79 Å². The number of benzene rings is 1. The summed E-state index contributed by atoms with van der Waals surface area (Å²) in [6.45, 7) is 1.39. The number of carbonyl (C=O) groups excluding carboxylic acids is 1. The molecule has 0 aliphatic carbocycles. The molecule has 1 fully saturated rings. The van der Waals surface area contributed by atoms with Crippen LogP contribution in [-0.4, -0.2) is 60.2 Å². The number of rotatable bonds is 6. The van der Waals surface area contributed by atoms with E-state index >= 15 is 0 Å². The van der Waals surface area contributed by atoms with Gasteiger partial charge in [0.15, 0.2) is 11.5 Å². The van der Waals surface area contributed by atoms with Crippen molar-refractivity contribution in [2.24, 2.45) is 0 Å². The van der Waals surface area contributed by atoms with E-state index in [1.807, 2.05) is 27.9 Å². The van der Waals surface area contributed by atoms with Crippen LogP contribution < -0.4 is 14.2 Å². The molecule has 3 rings (SSSR count). The largest absolute Gasteiger partial charge is 0.493 e. The number of aromatic nitrogens is 3. The Labute approximate surface area is 158 Å². The van der Waals surface area contributed by atoms with Crippen LogP contribution in [0.25, 0.3) is 6.08 Å². The summed E-state index contributed by atoms with van der Waals surface area (Å²) in [5.74, 6) is 1.62. The summed E-state index contributed by atoms with van der Waals surface area (Å²) in [5, 5.41) is 7.89. The molecule has 0 atom stereocenters. The SMILES string of the molecule is COc1cc(/C=C/C(=O)N2CCC(n3ccnn3)CC2)cc(OC)c1OC. The lowest BCUT2D eigenvalue weighted by Crippen LogP contribution is -2.38. The molecule has 8 nitrogen and oxygen atoms in total. The summed E-state index contributed by atoms with van der Waals surface area (Å²) in [7, 11) is 4.69. The van der Waals surface area contributed by atoms with E-state index in [1.54, 1.807) is 39.7 Å². The van der Waals surface area contributed by atoms with Crippen molar-refractivity contribution in [3.8, 4) is 17.2 Å². The van der Waals surface area contributed by atoms with Crippen molar-refractivity contribution in [2.75, 3.05) is 34.4 Å². The van der Waals surface area contributed by atoms with Gasteiger partial charge in [0.1, 0.15) is 0 Å². The summed E-state index contributed by atoms with van der Waals surface area (Å²) in [4.78, 5) is 14.4. The third kappa shape index (κ3) is 4.21. The fourth-order valence-corrected chi connectivity index (χ4v) is 3.23. The Balaban J connectivity index is 1.65. The first-order chi connectivity index (χ1) is 13.2. The second-order valence-electron chi connectivity index (χ2n) is 6.23. The van der Waals surface area contributed by atoms with Gasteiger partial charge in [0, 0.05) is 25.4 Å². The van der Waals surface area contributed by atoms with E-state index in [2.05, 4.69) is 10.3 Å². The lowest BCUT2D eigenvalue weighted by Gasteiger charge is -2.31. The smallest absolute Gasteiger partial charge is 0.246 e. The van der Waals surface area contributed by atoms with Gasteiger partial charge in [-0.05, 0) is 36.6 Å². The van der Waals surface area contributed by atoms with E-state index in [9.17, 15) is 4.79 Å². The molecule has 0 saturated carbocycles. The zero-order valence-corrected chi connectivity index (χ0v) is 15.8. The molecule has 1 saturated heterocycles. The predicted molar refractivity (Wildman–Crippen MR) is 100 cm³/mol. The van der Waals surface area contributed by atoms with Crippen molar-refractivity contribution in [1.82, 2.24) is 19.9 Å². The topological polar surface area (TPSA) is 78.7 Å². The summed E-state index contributed by atoms with van der Waals surface area (Å²) in [5.41, 5.74) is 0.801. The van der Waals surface area contributed by atoms with Crippen LogP contribution in [0.15, 0.2) is 30.6 Å². The minimum atomic E-state index is -0.0132. The Kier molecular flexibility index (Phi) is 5.95. The highest BCUT2D eigenvalue weighted by atomic mass is 16.5. The number of piperidine rings is 1. The molecule has 2 heterocycles. The van der Waals surface area contributed by atoms with Gasteiger partial charge in [0.25, 0.3) is 0 Å². The van der Waals surface area contributed by atoms with Crippen LogP contribution in [0, 0.1) is 0 Å². The van der Waals surface area contributed by atoms with Crippen LogP contribution in [0.4, 0.5) is 0 Å². The van der Waals surface area contributed by atoms with Crippen LogP contribution >= 0.6 is 0 Å². The molecule has 0 radical (unpaired) electrons. The first-order valence-corrected chi connectivity index (χ1v) is 8.79. The number of likely N-dealkylation sites (tertiary alicyclic amines) is 1. The van der Waals surface area contributed by atoms with E-state index in [1.165, 1.54) is 0 Å². The molecule has 1 aliphatic heterocycles. The summed E-state index contributed by atoms with van der Waals surface area (Å²) in [6.07, 6.45) is 8.62.